The quantitative estimate of drug-likeness (QED) is 0.394. The molecule has 1 heterocycles. The molecule has 1 aromatic rings. The lowest BCUT2D eigenvalue weighted by Crippen LogP contribution is -2.46. The van der Waals surface area contributed by atoms with Crippen molar-refractivity contribution in [1.29, 1.82) is 0 Å². The second kappa shape index (κ2) is 7.00. The number of hydrogen-bond acceptors (Lipinski definition) is 6. The average Bonchev–Trinajstić information content (AvgIpc) is 2.48. The average molecular weight is 293 g/mol. The number of piperazine rings is 1. The predicted octanol–water partition coefficient (Wildman–Crippen LogP) is -0.188. The second-order valence-electron chi connectivity index (χ2n) is 4.88. The van der Waals surface area contributed by atoms with Crippen LogP contribution in [0.4, 0.5) is 11.4 Å². The highest BCUT2D eigenvalue weighted by Gasteiger charge is 2.15. The number of nitrogens with zero attached hydrogens (tertiary/aromatic N) is 2. The molecular weight excluding hydrogens is 274 g/mol. The van der Waals surface area contributed by atoms with Crippen molar-refractivity contribution in [3.05, 3.63) is 33.9 Å². The maximum Gasteiger partial charge on any atom is 0.270 e. The molecule has 21 heavy (non-hydrogen) atoms. The number of amides is 1. The molecule has 1 aliphatic heterocycles. The first-order valence-corrected chi connectivity index (χ1v) is 6.83. The number of nitro benzene ring substituents is 1. The van der Waals surface area contributed by atoms with E-state index in [1.54, 1.807) is 0 Å². The Morgan fingerprint density at radius 3 is 2.81 bits per heavy atom. The van der Waals surface area contributed by atoms with Crippen molar-refractivity contribution in [3.8, 4) is 0 Å². The van der Waals surface area contributed by atoms with Gasteiger partial charge in [-0.3, -0.25) is 19.8 Å². The molecule has 1 saturated heterocycles. The van der Waals surface area contributed by atoms with E-state index in [4.69, 9.17) is 5.73 Å². The van der Waals surface area contributed by atoms with Gasteiger partial charge in [-0.1, -0.05) is 0 Å². The molecule has 8 nitrogen and oxygen atoms in total. The van der Waals surface area contributed by atoms with Gasteiger partial charge >= 0.3 is 0 Å². The van der Waals surface area contributed by atoms with E-state index in [-0.39, 0.29) is 22.8 Å². The summed E-state index contributed by atoms with van der Waals surface area (Å²) in [6, 6.07) is 3.87. The summed E-state index contributed by atoms with van der Waals surface area (Å²) in [4.78, 5) is 24.5. The molecule has 114 valence electrons. The SMILES string of the molecule is Nc1ccc([N+](=O)[O-])cc1C(=O)NCCN1CCNCC1. The van der Waals surface area contributed by atoms with Crippen molar-refractivity contribution in [3.63, 3.8) is 0 Å². The number of nitrogen functional groups attached to an aromatic ring is 1. The van der Waals surface area contributed by atoms with E-state index in [0.29, 0.717) is 6.54 Å². The van der Waals surface area contributed by atoms with Gasteiger partial charge in [0, 0.05) is 57.1 Å². The van der Waals surface area contributed by atoms with Crippen LogP contribution in [0.3, 0.4) is 0 Å². The first-order chi connectivity index (χ1) is 10.1. The van der Waals surface area contributed by atoms with Gasteiger partial charge < -0.3 is 16.4 Å². The molecule has 0 unspecified atom stereocenters. The number of nitrogens with one attached hydrogen (secondary N) is 2. The smallest absolute Gasteiger partial charge is 0.270 e. The molecule has 2 rings (SSSR count). The molecule has 1 amide bonds. The Balaban J connectivity index is 1.90. The summed E-state index contributed by atoms with van der Waals surface area (Å²) in [6.07, 6.45) is 0. The molecule has 1 fully saturated rings. The third-order valence-corrected chi connectivity index (χ3v) is 3.42. The van der Waals surface area contributed by atoms with Crippen LogP contribution >= 0.6 is 0 Å². The van der Waals surface area contributed by atoms with Crippen LogP contribution in [0.25, 0.3) is 0 Å². The van der Waals surface area contributed by atoms with E-state index in [9.17, 15) is 14.9 Å². The summed E-state index contributed by atoms with van der Waals surface area (Å²) in [6.45, 7) is 5.05. The molecule has 0 spiro atoms. The van der Waals surface area contributed by atoms with Crippen molar-refractivity contribution >= 4 is 17.3 Å². The van der Waals surface area contributed by atoms with Gasteiger partial charge in [-0.05, 0) is 6.07 Å². The number of rotatable bonds is 5. The number of nitrogens with two attached hydrogens (primary N) is 1. The van der Waals surface area contributed by atoms with Gasteiger partial charge in [0.1, 0.15) is 0 Å². The zero-order chi connectivity index (χ0) is 15.2. The number of benzene rings is 1. The molecule has 1 aliphatic rings. The van der Waals surface area contributed by atoms with Crippen LogP contribution in [-0.4, -0.2) is 55.0 Å². The van der Waals surface area contributed by atoms with Crippen LogP contribution in [-0.2, 0) is 0 Å². The Labute approximate surface area is 122 Å². The maximum atomic E-state index is 12.0. The zero-order valence-corrected chi connectivity index (χ0v) is 11.7. The van der Waals surface area contributed by atoms with Gasteiger partial charge in [0.25, 0.3) is 11.6 Å². The summed E-state index contributed by atoms with van der Waals surface area (Å²) in [5.74, 6) is -0.383. The third kappa shape index (κ3) is 4.14. The van der Waals surface area contributed by atoms with Crippen molar-refractivity contribution in [1.82, 2.24) is 15.5 Å². The Hall–Kier alpha value is -2.19. The van der Waals surface area contributed by atoms with Crippen LogP contribution in [0.5, 0.6) is 0 Å². The molecule has 8 heteroatoms. The number of carbonyl (C=O) groups excluding carboxylic acids is 1. The first-order valence-electron chi connectivity index (χ1n) is 6.83. The fourth-order valence-corrected chi connectivity index (χ4v) is 2.21. The maximum absolute atomic E-state index is 12.0. The van der Waals surface area contributed by atoms with Gasteiger partial charge in [-0.15, -0.1) is 0 Å². The van der Waals surface area contributed by atoms with Gasteiger partial charge in [-0.2, -0.15) is 0 Å². The first kappa shape index (κ1) is 15.2. The standard InChI is InChI=1S/C13H19N5O3/c14-12-2-1-10(18(20)21)9-11(12)13(19)16-5-8-17-6-3-15-4-7-17/h1-2,9,15H,3-8,14H2,(H,16,19). The monoisotopic (exact) mass is 293 g/mol. The Kier molecular flexibility index (Phi) is 5.07. The summed E-state index contributed by atoms with van der Waals surface area (Å²) in [5.41, 5.74) is 5.94. The van der Waals surface area contributed by atoms with Gasteiger partial charge in [0.15, 0.2) is 0 Å². The van der Waals surface area contributed by atoms with Gasteiger partial charge in [-0.25, -0.2) is 0 Å². The van der Waals surface area contributed by atoms with E-state index in [1.807, 2.05) is 0 Å². The van der Waals surface area contributed by atoms with Crippen molar-refractivity contribution < 1.29 is 9.72 Å². The molecule has 0 saturated carbocycles. The summed E-state index contributed by atoms with van der Waals surface area (Å²) < 4.78 is 0. The van der Waals surface area contributed by atoms with Crippen molar-refractivity contribution in [2.75, 3.05) is 45.0 Å². The zero-order valence-electron chi connectivity index (χ0n) is 11.7. The Morgan fingerprint density at radius 2 is 2.14 bits per heavy atom. The molecular formula is C13H19N5O3. The minimum atomic E-state index is -0.545. The van der Waals surface area contributed by atoms with E-state index >= 15 is 0 Å². The predicted molar refractivity (Wildman–Crippen MR) is 79.2 cm³/mol. The van der Waals surface area contributed by atoms with Gasteiger partial charge in [0.05, 0.1) is 10.5 Å². The van der Waals surface area contributed by atoms with Crippen LogP contribution < -0.4 is 16.4 Å². The fraction of sp³-hybridized carbons (Fsp3) is 0.462. The van der Waals surface area contributed by atoms with Crippen LogP contribution in [0, 0.1) is 10.1 Å². The molecule has 0 radical (unpaired) electrons. The largest absolute Gasteiger partial charge is 0.398 e. The second-order valence-corrected chi connectivity index (χ2v) is 4.88. The fourth-order valence-electron chi connectivity index (χ4n) is 2.21. The highest BCUT2D eigenvalue weighted by molar-refractivity contribution is 5.99. The molecule has 0 aromatic heterocycles. The number of nitro groups is 1. The van der Waals surface area contributed by atoms with Gasteiger partial charge in [0.2, 0.25) is 0 Å². The minimum Gasteiger partial charge on any atom is -0.398 e. The molecule has 0 bridgehead atoms. The Bertz CT molecular complexity index is 529. The van der Waals surface area contributed by atoms with Crippen molar-refractivity contribution in [2.24, 2.45) is 0 Å². The van der Waals surface area contributed by atoms with E-state index < -0.39 is 4.92 Å². The lowest BCUT2D eigenvalue weighted by Gasteiger charge is -2.27. The van der Waals surface area contributed by atoms with Crippen molar-refractivity contribution in [2.45, 2.75) is 0 Å². The summed E-state index contributed by atoms with van der Waals surface area (Å²) in [7, 11) is 0. The molecule has 0 aliphatic carbocycles. The van der Waals surface area contributed by atoms with Crippen LogP contribution in [0.1, 0.15) is 10.4 Å². The molecule has 1 aromatic carbocycles. The van der Waals surface area contributed by atoms with E-state index in [1.165, 1.54) is 18.2 Å². The highest BCUT2D eigenvalue weighted by atomic mass is 16.6. The topological polar surface area (TPSA) is 114 Å². The summed E-state index contributed by atoms with van der Waals surface area (Å²) in [5, 5.41) is 16.7. The van der Waals surface area contributed by atoms with E-state index in [2.05, 4.69) is 15.5 Å². The molecule has 0 atom stereocenters. The molecule has 4 N–H and O–H groups in total. The third-order valence-electron chi connectivity index (χ3n) is 3.42. The van der Waals surface area contributed by atoms with Crippen LogP contribution in [0.15, 0.2) is 18.2 Å². The normalized spacial score (nSPS) is 15.6. The van der Waals surface area contributed by atoms with E-state index in [0.717, 1.165) is 32.7 Å². The highest BCUT2D eigenvalue weighted by Crippen LogP contribution is 2.19. The lowest BCUT2D eigenvalue weighted by atomic mass is 10.1. The summed E-state index contributed by atoms with van der Waals surface area (Å²) >= 11 is 0. The number of non-ortho nitro benzene ring substituents is 1. The number of anilines is 1. The Morgan fingerprint density at radius 1 is 1.43 bits per heavy atom. The number of carbonyl (C=O) groups is 1. The number of hydrogen-bond donors (Lipinski definition) is 3. The minimum absolute atomic E-state index is 0.142. The van der Waals surface area contributed by atoms with Crippen LogP contribution in [0.2, 0.25) is 0 Å². The lowest BCUT2D eigenvalue weighted by molar-refractivity contribution is -0.384.